The highest BCUT2D eigenvalue weighted by atomic mass is 16.5. The largest absolute Gasteiger partial charge is 0.493 e. The monoisotopic (exact) mass is 327 g/mol. The van der Waals surface area contributed by atoms with Gasteiger partial charge in [-0.3, -0.25) is 0 Å². The van der Waals surface area contributed by atoms with Crippen LogP contribution in [0.25, 0.3) is 0 Å². The van der Waals surface area contributed by atoms with E-state index in [-0.39, 0.29) is 0 Å². The quantitative estimate of drug-likeness (QED) is 0.615. The van der Waals surface area contributed by atoms with Gasteiger partial charge in [-0.2, -0.15) is 0 Å². The molecule has 0 saturated heterocycles. The molecular formula is C21H29NO2. The van der Waals surface area contributed by atoms with Crippen LogP contribution in [0.2, 0.25) is 0 Å². The van der Waals surface area contributed by atoms with Crippen molar-refractivity contribution in [3.05, 3.63) is 59.7 Å². The second-order valence-electron chi connectivity index (χ2n) is 5.94. The second kappa shape index (κ2) is 9.99. The van der Waals surface area contributed by atoms with E-state index >= 15 is 0 Å². The zero-order valence-corrected chi connectivity index (χ0v) is 15.0. The highest BCUT2D eigenvalue weighted by molar-refractivity contribution is 5.43. The maximum atomic E-state index is 5.79. The van der Waals surface area contributed by atoms with E-state index in [1.165, 1.54) is 11.1 Å². The Balaban J connectivity index is 1.99. The first kappa shape index (κ1) is 18.3. The third-order valence-corrected chi connectivity index (χ3v) is 4.15. The van der Waals surface area contributed by atoms with Gasteiger partial charge in [-0.25, -0.2) is 0 Å². The van der Waals surface area contributed by atoms with Gasteiger partial charge in [-0.15, -0.1) is 0 Å². The van der Waals surface area contributed by atoms with Crippen LogP contribution in [0.4, 0.5) is 0 Å². The molecule has 0 saturated carbocycles. The third-order valence-electron chi connectivity index (χ3n) is 4.15. The van der Waals surface area contributed by atoms with E-state index in [0.717, 1.165) is 43.9 Å². The normalized spacial score (nSPS) is 12.0. The van der Waals surface area contributed by atoms with Gasteiger partial charge in [-0.05, 0) is 36.1 Å². The summed E-state index contributed by atoms with van der Waals surface area (Å²) >= 11 is 0. The van der Waals surface area contributed by atoms with Gasteiger partial charge in [0, 0.05) is 12.6 Å². The van der Waals surface area contributed by atoms with Crippen LogP contribution < -0.4 is 14.8 Å². The van der Waals surface area contributed by atoms with Crippen molar-refractivity contribution in [1.29, 1.82) is 0 Å². The first-order valence-corrected chi connectivity index (χ1v) is 8.86. The fourth-order valence-corrected chi connectivity index (χ4v) is 2.69. The van der Waals surface area contributed by atoms with Crippen LogP contribution in [0, 0.1) is 0 Å². The Labute approximate surface area is 146 Å². The van der Waals surface area contributed by atoms with Crippen molar-refractivity contribution in [2.45, 2.75) is 45.7 Å². The predicted octanol–water partition coefficient (Wildman–Crippen LogP) is 5.12. The molecule has 0 aromatic heterocycles. The molecule has 0 heterocycles. The van der Waals surface area contributed by atoms with Crippen LogP contribution in [-0.2, 0) is 6.54 Å². The van der Waals surface area contributed by atoms with Gasteiger partial charge in [0.15, 0.2) is 11.5 Å². The summed E-state index contributed by atoms with van der Waals surface area (Å²) in [6.07, 6.45) is 3.24. The molecule has 0 spiro atoms. The van der Waals surface area contributed by atoms with Crippen LogP contribution in [0.1, 0.15) is 50.3 Å². The minimum atomic E-state index is 0.359. The summed E-state index contributed by atoms with van der Waals surface area (Å²) < 4.78 is 11.3. The maximum Gasteiger partial charge on any atom is 0.161 e. The van der Waals surface area contributed by atoms with E-state index < -0.39 is 0 Å². The fraction of sp³-hybridized carbons (Fsp3) is 0.429. The van der Waals surface area contributed by atoms with Crippen molar-refractivity contribution in [1.82, 2.24) is 5.32 Å². The van der Waals surface area contributed by atoms with Crippen LogP contribution >= 0.6 is 0 Å². The summed E-state index contributed by atoms with van der Waals surface area (Å²) in [6.45, 7) is 5.90. The van der Waals surface area contributed by atoms with Crippen molar-refractivity contribution in [3.8, 4) is 11.5 Å². The number of nitrogens with one attached hydrogen (secondary N) is 1. The molecule has 0 aliphatic rings. The van der Waals surface area contributed by atoms with E-state index in [2.05, 4.69) is 61.6 Å². The van der Waals surface area contributed by atoms with E-state index in [1.807, 2.05) is 6.07 Å². The molecule has 1 N–H and O–H groups in total. The van der Waals surface area contributed by atoms with E-state index in [4.69, 9.17) is 9.47 Å². The van der Waals surface area contributed by atoms with E-state index in [1.54, 1.807) is 7.11 Å². The first-order valence-electron chi connectivity index (χ1n) is 8.86. The molecule has 0 fully saturated rings. The van der Waals surface area contributed by atoms with E-state index in [9.17, 15) is 0 Å². The van der Waals surface area contributed by atoms with Gasteiger partial charge < -0.3 is 14.8 Å². The Hall–Kier alpha value is -2.00. The average Bonchev–Trinajstić information content (AvgIpc) is 2.64. The number of unbranched alkanes of at least 4 members (excludes halogenated alkanes) is 1. The molecule has 1 atom stereocenters. The lowest BCUT2D eigenvalue weighted by atomic mass is 10.0. The molecule has 2 aromatic carbocycles. The average molecular weight is 327 g/mol. The Morgan fingerprint density at radius 2 is 1.79 bits per heavy atom. The van der Waals surface area contributed by atoms with Crippen LogP contribution in [0.5, 0.6) is 11.5 Å². The van der Waals surface area contributed by atoms with Crippen molar-refractivity contribution >= 4 is 0 Å². The molecule has 3 nitrogen and oxygen atoms in total. The Kier molecular flexibility index (Phi) is 7.63. The Morgan fingerprint density at radius 1 is 1.00 bits per heavy atom. The zero-order chi connectivity index (χ0) is 17.2. The predicted molar refractivity (Wildman–Crippen MR) is 99.7 cm³/mol. The van der Waals surface area contributed by atoms with Crippen molar-refractivity contribution in [2.75, 3.05) is 13.7 Å². The molecule has 24 heavy (non-hydrogen) atoms. The smallest absolute Gasteiger partial charge is 0.161 e. The minimum Gasteiger partial charge on any atom is -0.493 e. The molecule has 0 amide bonds. The molecule has 130 valence electrons. The van der Waals surface area contributed by atoms with Crippen LogP contribution in [0.3, 0.4) is 0 Å². The lowest BCUT2D eigenvalue weighted by molar-refractivity contribution is 0.288. The topological polar surface area (TPSA) is 30.5 Å². The fourth-order valence-electron chi connectivity index (χ4n) is 2.69. The van der Waals surface area contributed by atoms with E-state index in [0.29, 0.717) is 6.04 Å². The molecule has 2 aromatic rings. The van der Waals surface area contributed by atoms with Gasteiger partial charge in [0.2, 0.25) is 0 Å². The first-order chi connectivity index (χ1) is 11.8. The summed E-state index contributed by atoms with van der Waals surface area (Å²) in [5.41, 5.74) is 2.52. The summed E-state index contributed by atoms with van der Waals surface area (Å²) in [4.78, 5) is 0. The van der Waals surface area contributed by atoms with Crippen molar-refractivity contribution < 1.29 is 9.47 Å². The lowest BCUT2D eigenvalue weighted by Gasteiger charge is -2.18. The van der Waals surface area contributed by atoms with Gasteiger partial charge in [-0.1, -0.05) is 56.7 Å². The summed E-state index contributed by atoms with van der Waals surface area (Å²) in [5.74, 6) is 1.63. The van der Waals surface area contributed by atoms with Gasteiger partial charge in [0.05, 0.1) is 13.7 Å². The zero-order valence-electron chi connectivity index (χ0n) is 15.0. The summed E-state index contributed by atoms with van der Waals surface area (Å²) in [7, 11) is 1.69. The molecule has 0 aliphatic carbocycles. The molecule has 0 bridgehead atoms. The van der Waals surface area contributed by atoms with Crippen LogP contribution in [-0.4, -0.2) is 13.7 Å². The molecule has 0 aliphatic heterocycles. The molecule has 1 unspecified atom stereocenters. The second-order valence-corrected chi connectivity index (χ2v) is 5.94. The Morgan fingerprint density at radius 3 is 2.46 bits per heavy atom. The number of hydrogen-bond donors (Lipinski definition) is 1. The number of methoxy groups -OCH3 is 1. The number of benzene rings is 2. The molecule has 2 rings (SSSR count). The standard InChI is InChI=1S/C21H29NO2/c1-4-6-14-24-20-13-12-17(15-21(20)23-3)16-22-19(5-2)18-10-8-7-9-11-18/h7-13,15,19,22H,4-6,14,16H2,1-3H3. The number of hydrogen-bond acceptors (Lipinski definition) is 3. The highest BCUT2D eigenvalue weighted by Crippen LogP contribution is 2.28. The Bertz CT molecular complexity index is 598. The molecule has 0 radical (unpaired) electrons. The van der Waals surface area contributed by atoms with Gasteiger partial charge >= 0.3 is 0 Å². The SMILES string of the molecule is CCCCOc1ccc(CNC(CC)c2ccccc2)cc1OC. The summed E-state index contributed by atoms with van der Waals surface area (Å²) in [6, 6.07) is 17.1. The molecular weight excluding hydrogens is 298 g/mol. The van der Waals surface area contributed by atoms with Crippen molar-refractivity contribution in [3.63, 3.8) is 0 Å². The third kappa shape index (κ3) is 5.27. The van der Waals surface area contributed by atoms with Gasteiger partial charge in [0.1, 0.15) is 0 Å². The van der Waals surface area contributed by atoms with Crippen molar-refractivity contribution in [2.24, 2.45) is 0 Å². The molecule has 3 heteroatoms. The maximum absolute atomic E-state index is 5.79. The minimum absolute atomic E-state index is 0.359. The summed E-state index contributed by atoms with van der Waals surface area (Å²) in [5, 5.41) is 3.63. The van der Waals surface area contributed by atoms with Gasteiger partial charge in [0.25, 0.3) is 0 Å². The van der Waals surface area contributed by atoms with Crippen LogP contribution in [0.15, 0.2) is 48.5 Å². The highest BCUT2D eigenvalue weighted by Gasteiger charge is 2.10. The lowest BCUT2D eigenvalue weighted by Crippen LogP contribution is -2.20. The number of rotatable bonds is 10. The number of ether oxygens (including phenoxy) is 2.